The second-order valence-corrected chi connectivity index (χ2v) is 3.59. The van der Waals surface area contributed by atoms with E-state index < -0.39 is 0 Å². The average Bonchev–Trinajstić information content (AvgIpc) is 2.38. The molecular formula is C14H20O3. The van der Waals surface area contributed by atoms with Crippen LogP contribution in [0.4, 0.5) is 0 Å². The van der Waals surface area contributed by atoms with E-state index in [9.17, 15) is 0 Å². The highest BCUT2D eigenvalue weighted by Gasteiger charge is 1.95. The molecule has 1 aromatic carbocycles. The molecule has 0 aliphatic heterocycles. The standard InChI is InChI=1S/C14H20O3/c1-3-10-16-11-4-5-12-17-14-8-6-13(15-2)7-9-14/h3,6-9H,1,4-5,10-12H2,2H3. The van der Waals surface area contributed by atoms with E-state index in [0.717, 1.165) is 30.9 Å². The van der Waals surface area contributed by atoms with Gasteiger partial charge in [-0.25, -0.2) is 0 Å². The fraction of sp³-hybridized carbons (Fsp3) is 0.429. The Kier molecular flexibility index (Phi) is 6.91. The molecule has 0 saturated heterocycles. The number of rotatable bonds is 9. The van der Waals surface area contributed by atoms with Crippen LogP contribution < -0.4 is 9.47 Å². The van der Waals surface area contributed by atoms with Gasteiger partial charge in [-0.2, -0.15) is 0 Å². The van der Waals surface area contributed by atoms with Gasteiger partial charge in [-0.15, -0.1) is 6.58 Å². The Morgan fingerprint density at radius 1 is 1.06 bits per heavy atom. The van der Waals surface area contributed by atoms with Crippen LogP contribution in [0.3, 0.4) is 0 Å². The number of unbranched alkanes of at least 4 members (excludes halogenated alkanes) is 1. The van der Waals surface area contributed by atoms with E-state index in [1.807, 2.05) is 24.3 Å². The van der Waals surface area contributed by atoms with Crippen molar-refractivity contribution >= 4 is 0 Å². The van der Waals surface area contributed by atoms with Gasteiger partial charge in [0.05, 0.1) is 20.3 Å². The molecule has 3 nitrogen and oxygen atoms in total. The van der Waals surface area contributed by atoms with Gasteiger partial charge in [-0.1, -0.05) is 6.08 Å². The normalized spacial score (nSPS) is 9.94. The quantitative estimate of drug-likeness (QED) is 0.487. The second-order valence-electron chi connectivity index (χ2n) is 3.59. The van der Waals surface area contributed by atoms with Gasteiger partial charge in [0.2, 0.25) is 0 Å². The smallest absolute Gasteiger partial charge is 0.119 e. The molecule has 0 atom stereocenters. The molecule has 0 fully saturated rings. The first-order chi connectivity index (χ1) is 8.36. The molecule has 0 unspecified atom stereocenters. The highest BCUT2D eigenvalue weighted by atomic mass is 16.5. The molecule has 0 aliphatic carbocycles. The van der Waals surface area contributed by atoms with Gasteiger partial charge >= 0.3 is 0 Å². The predicted octanol–water partition coefficient (Wildman–Crippen LogP) is 3.06. The monoisotopic (exact) mass is 236 g/mol. The van der Waals surface area contributed by atoms with Crippen LogP contribution in [0.5, 0.6) is 11.5 Å². The summed E-state index contributed by atoms with van der Waals surface area (Å²) in [6, 6.07) is 7.60. The van der Waals surface area contributed by atoms with E-state index >= 15 is 0 Å². The minimum absolute atomic E-state index is 0.624. The fourth-order valence-electron chi connectivity index (χ4n) is 1.33. The summed E-state index contributed by atoms with van der Waals surface area (Å²) in [5.41, 5.74) is 0. The summed E-state index contributed by atoms with van der Waals surface area (Å²) >= 11 is 0. The Morgan fingerprint density at radius 3 is 2.35 bits per heavy atom. The van der Waals surface area contributed by atoms with Crippen LogP contribution in [0, 0.1) is 0 Å². The zero-order valence-electron chi connectivity index (χ0n) is 10.4. The molecule has 0 N–H and O–H groups in total. The summed E-state index contributed by atoms with van der Waals surface area (Å²) in [4.78, 5) is 0. The van der Waals surface area contributed by atoms with Crippen LogP contribution >= 0.6 is 0 Å². The highest BCUT2D eigenvalue weighted by Crippen LogP contribution is 2.17. The van der Waals surface area contributed by atoms with Crippen molar-refractivity contribution in [3.63, 3.8) is 0 Å². The summed E-state index contributed by atoms with van der Waals surface area (Å²) in [6.45, 7) is 5.69. The first-order valence-corrected chi connectivity index (χ1v) is 5.82. The summed E-state index contributed by atoms with van der Waals surface area (Å²) < 4.78 is 15.9. The third kappa shape index (κ3) is 5.97. The Hall–Kier alpha value is -1.48. The zero-order chi connectivity index (χ0) is 12.3. The van der Waals surface area contributed by atoms with Crippen LogP contribution in [0.25, 0.3) is 0 Å². The molecule has 0 amide bonds. The van der Waals surface area contributed by atoms with E-state index in [4.69, 9.17) is 14.2 Å². The Morgan fingerprint density at radius 2 is 1.71 bits per heavy atom. The summed E-state index contributed by atoms with van der Waals surface area (Å²) in [5, 5.41) is 0. The van der Waals surface area contributed by atoms with Gasteiger partial charge in [-0.3, -0.25) is 0 Å². The molecule has 0 heterocycles. The van der Waals surface area contributed by atoms with Crippen LogP contribution in [0.2, 0.25) is 0 Å². The highest BCUT2D eigenvalue weighted by molar-refractivity contribution is 5.31. The third-order valence-electron chi connectivity index (χ3n) is 2.25. The minimum Gasteiger partial charge on any atom is -0.497 e. The van der Waals surface area contributed by atoms with Crippen LogP contribution in [0.1, 0.15) is 12.8 Å². The molecule has 0 aromatic heterocycles. The number of benzene rings is 1. The van der Waals surface area contributed by atoms with Gasteiger partial charge in [0, 0.05) is 6.61 Å². The van der Waals surface area contributed by atoms with Crippen molar-refractivity contribution < 1.29 is 14.2 Å². The largest absolute Gasteiger partial charge is 0.497 e. The zero-order valence-corrected chi connectivity index (χ0v) is 10.4. The maximum absolute atomic E-state index is 5.58. The van der Waals surface area contributed by atoms with Gasteiger partial charge in [0.1, 0.15) is 11.5 Å². The van der Waals surface area contributed by atoms with Crippen LogP contribution in [0.15, 0.2) is 36.9 Å². The third-order valence-corrected chi connectivity index (χ3v) is 2.25. The lowest BCUT2D eigenvalue weighted by atomic mass is 10.3. The lowest BCUT2D eigenvalue weighted by Gasteiger charge is -2.07. The summed E-state index contributed by atoms with van der Waals surface area (Å²) in [5.74, 6) is 1.72. The van der Waals surface area contributed by atoms with Crippen LogP contribution in [-0.2, 0) is 4.74 Å². The maximum Gasteiger partial charge on any atom is 0.119 e. The van der Waals surface area contributed by atoms with Crippen molar-refractivity contribution in [3.05, 3.63) is 36.9 Å². The average molecular weight is 236 g/mol. The number of ether oxygens (including phenoxy) is 3. The van der Waals surface area contributed by atoms with Crippen molar-refractivity contribution in [2.24, 2.45) is 0 Å². The molecule has 3 heteroatoms. The lowest BCUT2D eigenvalue weighted by Crippen LogP contribution is -2.00. The minimum atomic E-state index is 0.624. The van der Waals surface area contributed by atoms with Crippen LogP contribution in [-0.4, -0.2) is 26.9 Å². The Balaban J connectivity index is 2.07. The lowest BCUT2D eigenvalue weighted by molar-refractivity contribution is 0.152. The summed E-state index contributed by atoms with van der Waals surface area (Å²) in [6.07, 6.45) is 3.75. The number of methoxy groups -OCH3 is 1. The number of hydrogen-bond acceptors (Lipinski definition) is 3. The second kappa shape index (κ2) is 8.65. The molecule has 0 spiro atoms. The SMILES string of the molecule is C=CCOCCCCOc1ccc(OC)cc1. The van der Waals surface area contributed by atoms with Crippen molar-refractivity contribution in [2.75, 3.05) is 26.9 Å². The molecular weight excluding hydrogens is 216 g/mol. The molecule has 94 valence electrons. The maximum atomic E-state index is 5.58. The van der Waals surface area contributed by atoms with Gasteiger partial charge in [0.25, 0.3) is 0 Å². The van der Waals surface area contributed by atoms with E-state index in [0.29, 0.717) is 13.2 Å². The van der Waals surface area contributed by atoms with E-state index in [1.54, 1.807) is 13.2 Å². The first-order valence-electron chi connectivity index (χ1n) is 5.82. The number of hydrogen-bond donors (Lipinski definition) is 0. The van der Waals surface area contributed by atoms with E-state index in [-0.39, 0.29) is 0 Å². The first kappa shape index (κ1) is 13.6. The van der Waals surface area contributed by atoms with Crippen molar-refractivity contribution in [2.45, 2.75) is 12.8 Å². The molecule has 1 rings (SSSR count). The molecule has 0 aliphatic rings. The van der Waals surface area contributed by atoms with Gasteiger partial charge in [0.15, 0.2) is 0 Å². The topological polar surface area (TPSA) is 27.7 Å². The van der Waals surface area contributed by atoms with Crippen molar-refractivity contribution in [1.29, 1.82) is 0 Å². The van der Waals surface area contributed by atoms with E-state index in [1.165, 1.54) is 0 Å². The Labute approximate surface area is 103 Å². The van der Waals surface area contributed by atoms with E-state index in [2.05, 4.69) is 6.58 Å². The Bertz CT molecular complexity index is 306. The molecule has 0 radical (unpaired) electrons. The predicted molar refractivity (Wildman–Crippen MR) is 68.7 cm³/mol. The van der Waals surface area contributed by atoms with Gasteiger partial charge in [-0.05, 0) is 37.1 Å². The summed E-state index contributed by atoms with van der Waals surface area (Å²) in [7, 11) is 1.65. The van der Waals surface area contributed by atoms with Crippen molar-refractivity contribution in [3.8, 4) is 11.5 Å². The van der Waals surface area contributed by atoms with Crippen molar-refractivity contribution in [1.82, 2.24) is 0 Å². The molecule has 17 heavy (non-hydrogen) atoms. The molecule has 1 aromatic rings. The molecule has 0 bridgehead atoms. The fourth-order valence-corrected chi connectivity index (χ4v) is 1.33. The van der Waals surface area contributed by atoms with Gasteiger partial charge < -0.3 is 14.2 Å². The molecule has 0 saturated carbocycles.